The smallest absolute Gasteiger partial charge is 0.302 e. The fraction of sp³-hybridized carbons (Fsp3) is 0.848. The van der Waals surface area contributed by atoms with Gasteiger partial charge in [0, 0.05) is 18.9 Å². The van der Waals surface area contributed by atoms with Gasteiger partial charge in [-0.3, -0.25) is 4.79 Å². The van der Waals surface area contributed by atoms with E-state index < -0.39 is 0 Å². The lowest BCUT2D eigenvalue weighted by Crippen LogP contribution is -2.56. The summed E-state index contributed by atoms with van der Waals surface area (Å²) in [4.78, 5) is 12.4. The zero-order valence-corrected chi connectivity index (χ0v) is 25.0. The van der Waals surface area contributed by atoms with Crippen molar-refractivity contribution in [2.75, 3.05) is 6.61 Å². The number of hydrogen-bond acceptors (Lipinski definition) is 4. The average Bonchev–Trinajstić information content (AvgIpc) is 3.04. The van der Waals surface area contributed by atoms with Crippen LogP contribution in [0.2, 0.25) is 0 Å². The molecule has 37 heavy (non-hydrogen) atoms. The molecule has 8 atom stereocenters. The Kier molecular flexibility index (Phi) is 7.65. The molecule has 0 saturated heterocycles. The summed E-state index contributed by atoms with van der Waals surface area (Å²) in [7, 11) is 0. The minimum atomic E-state index is -0.243. The van der Waals surface area contributed by atoms with Crippen molar-refractivity contribution in [3.63, 3.8) is 0 Å². The van der Waals surface area contributed by atoms with Gasteiger partial charge < -0.3 is 14.9 Å². The second kappa shape index (κ2) is 9.81. The van der Waals surface area contributed by atoms with Crippen LogP contribution in [0.5, 0.6) is 0 Å². The molecule has 0 bridgehead atoms. The Balaban J connectivity index is 1.76. The molecule has 2 N–H and O–H groups in total. The van der Waals surface area contributed by atoms with E-state index in [2.05, 4.69) is 55.0 Å². The summed E-state index contributed by atoms with van der Waals surface area (Å²) >= 11 is 0. The van der Waals surface area contributed by atoms with Gasteiger partial charge in [-0.1, -0.05) is 71.8 Å². The third-order valence-corrected chi connectivity index (χ3v) is 12.6. The number of carbonyl (C=O) groups is 1. The topological polar surface area (TPSA) is 66.8 Å². The summed E-state index contributed by atoms with van der Waals surface area (Å²) in [5.74, 6) is 1.20. The normalized spacial score (nSPS) is 41.6. The third-order valence-electron chi connectivity index (χ3n) is 12.6. The van der Waals surface area contributed by atoms with E-state index in [1.807, 2.05) is 0 Å². The number of fused-ring (bicyclic) bond motifs is 4. The van der Waals surface area contributed by atoms with E-state index in [1.165, 1.54) is 5.57 Å². The maximum absolute atomic E-state index is 12.4. The second-order valence-electron chi connectivity index (χ2n) is 14.7. The Bertz CT molecular complexity index is 946. The Morgan fingerprint density at radius 1 is 1.08 bits per heavy atom. The second-order valence-corrected chi connectivity index (χ2v) is 14.7. The number of hydrogen-bond donors (Lipinski definition) is 2. The van der Waals surface area contributed by atoms with Gasteiger partial charge in [-0.2, -0.15) is 0 Å². The lowest BCUT2D eigenvalue weighted by atomic mass is 9.43. The number of ether oxygens (including phenoxy) is 1. The predicted octanol–water partition coefficient (Wildman–Crippen LogP) is 7.24. The highest BCUT2D eigenvalue weighted by Crippen LogP contribution is 2.73. The molecule has 0 radical (unpaired) electrons. The number of allylic oxidation sites excluding steroid dienone is 2. The molecule has 210 valence electrons. The van der Waals surface area contributed by atoms with Crippen LogP contribution in [0.1, 0.15) is 113 Å². The molecule has 4 aliphatic rings. The Morgan fingerprint density at radius 2 is 1.76 bits per heavy atom. The monoisotopic (exact) mass is 514 g/mol. The first-order chi connectivity index (χ1) is 17.1. The SMILES string of the molecule is C=C(CC[C@@H](CO)[C@H]1C[C@H](OC(C)=O)[C@@]2(C)C3=C(CC[C@]12C)[C@@]1(C)CC[C@@H](O)C(C)(C)C1CC3)C(C)C. The number of aliphatic hydroxyl groups is 2. The zero-order valence-electron chi connectivity index (χ0n) is 25.0. The van der Waals surface area contributed by atoms with Crippen LogP contribution >= 0.6 is 0 Å². The van der Waals surface area contributed by atoms with E-state index >= 15 is 0 Å². The predicted molar refractivity (Wildman–Crippen MR) is 150 cm³/mol. The van der Waals surface area contributed by atoms with Crippen molar-refractivity contribution in [1.29, 1.82) is 0 Å². The van der Waals surface area contributed by atoms with Crippen LogP contribution in [-0.4, -0.2) is 35.0 Å². The molecule has 0 aromatic carbocycles. The van der Waals surface area contributed by atoms with Gasteiger partial charge in [0.05, 0.1) is 6.10 Å². The highest BCUT2D eigenvalue weighted by molar-refractivity contribution is 5.66. The molecular weight excluding hydrogens is 460 g/mol. The van der Waals surface area contributed by atoms with E-state index in [1.54, 1.807) is 18.1 Å². The van der Waals surface area contributed by atoms with E-state index in [0.29, 0.717) is 17.8 Å². The van der Waals surface area contributed by atoms with E-state index in [9.17, 15) is 15.0 Å². The van der Waals surface area contributed by atoms with Gasteiger partial charge in [0.25, 0.3) is 0 Å². The van der Waals surface area contributed by atoms with Crippen molar-refractivity contribution in [1.82, 2.24) is 0 Å². The van der Waals surface area contributed by atoms with Gasteiger partial charge in [0.2, 0.25) is 0 Å². The summed E-state index contributed by atoms with van der Waals surface area (Å²) in [6, 6.07) is 0. The first-order valence-electron chi connectivity index (χ1n) is 15.0. The van der Waals surface area contributed by atoms with Crippen molar-refractivity contribution in [3.8, 4) is 0 Å². The first kappa shape index (κ1) is 28.9. The van der Waals surface area contributed by atoms with Gasteiger partial charge in [-0.15, -0.1) is 0 Å². The minimum absolute atomic E-state index is 0.0363. The van der Waals surface area contributed by atoms with Crippen LogP contribution in [0.4, 0.5) is 0 Å². The summed E-state index contributed by atoms with van der Waals surface area (Å²) in [5, 5.41) is 21.5. The van der Waals surface area contributed by atoms with Crippen LogP contribution in [0.15, 0.2) is 23.3 Å². The Hall–Kier alpha value is -1.13. The van der Waals surface area contributed by atoms with Crippen molar-refractivity contribution in [3.05, 3.63) is 23.3 Å². The largest absolute Gasteiger partial charge is 0.462 e. The molecule has 4 aliphatic carbocycles. The van der Waals surface area contributed by atoms with Crippen molar-refractivity contribution in [2.24, 2.45) is 45.3 Å². The number of carbonyl (C=O) groups excluding carboxylic acids is 1. The number of aliphatic hydroxyl groups excluding tert-OH is 2. The van der Waals surface area contributed by atoms with Crippen molar-refractivity contribution >= 4 is 5.97 Å². The third kappa shape index (κ3) is 4.28. The van der Waals surface area contributed by atoms with E-state index in [0.717, 1.165) is 57.8 Å². The standard InChI is InChI=1S/C33H54O4/c1-20(2)21(3)10-11-23(19-34)26-18-29(37-22(4)35)33(9)25-12-13-27-30(5,6)28(36)15-16-31(27,7)24(25)14-17-32(26,33)8/h20,23,26-29,34,36H,3,10-19H2,1-2,4-9H3/t23-,26+,27?,28+,29-,31+,32+,33+/m0/s1. The molecule has 4 rings (SSSR count). The van der Waals surface area contributed by atoms with Gasteiger partial charge in [0.1, 0.15) is 6.10 Å². The fourth-order valence-corrected chi connectivity index (χ4v) is 9.89. The number of esters is 1. The number of rotatable bonds is 7. The molecule has 0 heterocycles. The van der Waals surface area contributed by atoms with Crippen LogP contribution in [0.25, 0.3) is 0 Å². The highest BCUT2D eigenvalue weighted by Gasteiger charge is 2.67. The lowest BCUT2D eigenvalue weighted by Gasteiger charge is -2.62. The molecule has 2 fully saturated rings. The molecule has 4 heteroatoms. The molecule has 4 nitrogen and oxygen atoms in total. The lowest BCUT2D eigenvalue weighted by molar-refractivity contribution is -0.153. The summed E-state index contributed by atoms with van der Waals surface area (Å²) in [6.07, 6.45) is 8.45. The molecule has 0 aliphatic heterocycles. The summed E-state index contributed by atoms with van der Waals surface area (Å²) in [5.41, 5.74) is 4.13. The van der Waals surface area contributed by atoms with E-state index in [4.69, 9.17) is 4.74 Å². The average molecular weight is 515 g/mol. The molecule has 0 aromatic rings. The van der Waals surface area contributed by atoms with Gasteiger partial charge >= 0.3 is 5.97 Å². The Morgan fingerprint density at radius 3 is 2.35 bits per heavy atom. The van der Waals surface area contributed by atoms with Crippen molar-refractivity contribution < 1.29 is 19.7 Å². The maximum atomic E-state index is 12.4. The summed E-state index contributed by atoms with van der Waals surface area (Å²) in [6.45, 7) is 22.2. The van der Waals surface area contributed by atoms with Crippen LogP contribution in [0, 0.1) is 45.3 Å². The van der Waals surface area contributed by atoms with Crippen LogP contribution in [-0.2, 0) is 9.53 Å². The molecule has 2 saturated carbocycles. The molecule has 0 aromatic heterocycles. The molecule has 0 amide bonds. The molecule has 0 spiro atoms. The van der Waals surface area contributed by atoms with Gasteiger partial charge in [-0.05, 0) is 97.7 Å². The fourth-order valence-electron chi connectivity index (χ4n) is 9.89. The highest BCUT2D eigenvalue weighted by atomic mass is 16.5. The maximum Gasteiger partial charge on any atom is 0.302 e. The molecular formula is C33H54O4. The summed E-state index contributed by atoms with van der Waals surface area (Å²) < 4.78 is 6.20. The minimum Gasteiger partial charge on any atom is -0.462 e. The van der Waals surface area contributed by atoms with Crippen LogP contribution < -0.4 is 0 Å². The first-order valence-corrected chi connectivity index (χ1v) is 15.0. The van der Waals surface area contributed by atoms with E-state index in [-0.39, 0.29) is 52.4 Å². The van der Waals surface area contributed by atoms with Crippen LogP contribution in [0.3, 0.4) is 0 Å². The zero-order chi connectivity index (χ0) is 27.6. The van der Waals surface area contributed by atoms with Gasteiger partial charge in [-0.25, -0.2) is 0 Å². The Labute approximate surface area is 226 Å². The van der Waals surface area contributed by atoms with Crippen molar-refractivity contribution in [2.45, 2.75) is 125 Å². The quantitative estimate of drug-likeness (QED) is 0.278. The van der Waals surface area contributed by atoms with Gasteiger partial charge in [0.15, 0.2) is 0 Å². The molecule has 1 unspecified atom stereocenters.